The van der Waals surface area contributed by atoms with Gasteiger partial charge in [0.05, 0.1) is 0 Å². The van der Waals surface area contributed by atoms with Crippen LogP contribution in [-0.4, -0.2) is 5.78 Å². The van der Waals surface area contributed by atoms with E-state index in [0.29, 0.717) is 11.7 Å². The summed E-state index contributed by atoms with van der Waals surface area (Å²) in [6, 6.07) is 0. The Bertz CT molecular complexity index is 159. The Balaban J connectivity index is 3.55. The van der Waals surface area contributed by atoms with Gasteiger partial charge in [0.25, 0.3) is 0 Å². The Labute approximate surface area is 89.3 Å². The maximum Gasteiger partial charge on any atom is 0.135 e. The van der Waals surface area contributed by atoms with Crippen LogP contribution in [0.1, 0.15) is 60.3 Å². The summed E-state index contributed by atoms with van der Waals surface area (Å²) in [7, 11) is 0. The maximum atomic E-state index is 11.5. The molecule has 0 aliphatic rings. The third kappa shape index (κ3) is 7.11. The van der Waals surface area contributed by atoms with Crippen molar-refractivity contribution in [3.63, 3.8) is 0 Å². The topological polar surface area (TPSA) is 17.1 Å². The summed E-state index contributed by atoms with van der Waals surface area (Å²) in [4.78, 5) is 11.5. The monoisotopic (exact) mass is 198 g/mol. The van der Waals surface area contributed by atoms with Crippen molar-refractivity contribution in [1.82, 2.24) is 0 Å². The molecule has 0 aromatic rings. The normalized spacial score (nSPS) is 13.6. The van der Waals surface area contributed by atoms with Crippen molar-refractivity contribution in [3.05, 3.63) is 0 Å². The molecular weight excluding hydrogens is 172 g/mol. The highest BCUT2D eigenvalue weighted by Crippen LogP contribution is 2.17. The van der Waals surface area contributed by atoms with Crippen molar-refractivity contribution in [2.75, 3.05) is 0 Å². The Morgan fingerprint density at radius 2 is 1.57 bits per heavy atom. The first-order valence-electron chi connectivity index (χ1n) is 5.96. The predicted molar refractivity (Wildman–Crippen MR) is 62.3 cm³/mol. The first-order valence-corrected chi connectivity index (χ1v) is 5.96. The van der Waals surface area contributed by atoms with E-state index in [1.54, 1.807) is 0 Å². The lowest BCUT2D eigenvalue weighted by Crippen LogP contribution is -2.11. The van der Waals surface area contributed by atoms with Gasteiger partial charge in [-0.2, -0.15) is 0 Å². The maximum absolute atomic E-state index is 11.5. The molecule has 0 saturated heterocycles. The van der Waals surface area contributed by atoms with Gasteiger partial charge in [0.15, 0.2) is 0 Å². The zero-order valence-electron chi connectivity index (χ0n) is 10.5. The van der Waals surface area contributed by atoms with Crippen LogP contribution in [0.15, 0.2) is 0 Å². The Morgan fingerprint density at radius 1 is 1.00 bits per heavy atom. The molecule has 0 fully saturated rings. The molecule has 0 aromatic heterocycles. The fourth-order valence-corrected chi connectivity index (χ4v) is 1.56. The molecule has 0 rings (SSSR count). The van der Waals surface area contributed by atoms with Crippen LogP contribution in [0.2, 0.25) is 0 Å². The SMILES string of the molecule is CC(C)CCCC(C)CC(=O)C(C)C. The summed E-state index contributed by atoms with van der Waals surface area (Å²) in [5, 5.41) is 0. The molecule has 0 spiro atoms. The van der Waals surface area contributed by atoms with Crippen LogP contribution in [0, 0.1) is 17.8 Å². The molecule has 1 heteroatoms. The van der Waals surface area contributed by atoms with Crippen molar-refractivity contribution in [3.8, 4) is 0 Å². The van der Waals surface area contributed by atoms with Gasteiger partial charge < -0.3 is 0 Å². The Morgan fingerprint density at radius 3 is 2.00 bits per heavy atom. The van der Waals surface area contributed by atoms with Crippen LogP contribution in [0.3, 0.4) is 0 Å². The molecule has 84 valence electrons. The molecule has 0 saturated carbocycles. The molecule has 0 bridgehead atoms. The number of ketones is 1. The van der Waals surface area contributed by atoms with Gasteiger partial charge in [-0.3, -0.25) is 4.79 Å². The number of carbonyl (C=O) groups is 1. The van der Waals surface area contributed by atoms with Crippen LogP contribution in [0.4, 0.5) is 0 Å². The van der Waals surface area contributed by atoms with E-state index in [-0.39, 0.29) is 5.92 Å². The molecular formula is C13H26O. The lowest BCUT2D eigenvalue weighted by molar-refractivity contribution is -0.122. The Hall–Kier alpha value is -0.330. The summed E-state index contributed by atoms with van der Waals surface area (Å²) in [5.74, 6) is 2.00. The second-order valence-electron chi connectivity index (χ2n) is 5.26. The van der Waals surface area contributed by atoms with Gasteiger partial charge in [-0.05, 0) is 11.8 Å². The molecule has 0 aliphatic heterocycles. The summed E-state index contributed by atoms with van der Waals surface area (Å²) in [6.45, 7) is 10.7. The lowest BCUT2D eigenvalue weighted by atomic mass is 9.92. The van der Waals surface area contributed by atoms with E-state index >= 15 is 0 Å². The lowest BCUT2D eigenvalue weighted by Gasteiger charge is -2.12. The molecule has 14 heavy (non-hydrogen) atoms. The van der Waals surface area contributed by atoms with Crippen LogP contribution >= 0.6 is 0 Å². The van der Waals surface area contributed by atoms with E-state index in [4.69, 9.17) is 0 Å². The zero-order chi connectivity index (χ0) is 11.1. The van der Waals surface area contributed by atoms with E-state index in [2.05, 4.69) is 20.8 Å². The molecule has 0 aliphatic carbocycles. The van der Waals surface area contributed by atoms with Gasteiger partial charge in [-0.1, -0.05) is 53.9 Å². The van der Waals surface area contributed by atoms with Crippen molar-refractivity contribution < 1.29 is 4.79 Å². The smallest absolute Gasteiger partial charge is 0.135 e. The summed E-state index contributed by atoms with van der Waals surface area (Å²) >= 11 is 0. The van der Waals surface area contributed by atoms with Crippen LogP contribution in [0.25, 0.3) is 0 Å². The van der Waals surface area contributed by atoms with Gasteiger partial charge in [-0.25, -0.2) is 0 Å². The highest BCUT2D eigenvalue weighted by atomic mass is 16.1. The standard InChI is InChI=1S/C13H26O/c1-10(2)7-6-8-12(5)9-13(14)11(3)4/h10-12H,6-9H2,1-5H3. The van der Waals surface area contributed by atoms with Crippen molar-refractivity contribution >= 4 is 5.78 Å². The van der Waals surface area contributed by atoms with Gasteiger partial charge in [0.1, 0.15) is 5.78 Å². The first kappa shape index (κ1) is 13.7. The summed E-state index contributed by atoms with van der Waals surface area (Å²) in [5.41, 5.74) is 0. The third-order valence-corrected chi connectivity index (χ3v) is 2.67. The highest BCUT2D eigenvalue weighted by molar-refractivity contribution is 5.80. The van der Waals surface area contributed by atoms with E-state index < -0.39 is 0 Å². The van der Waals surface area contributed by atoms with Crippen LogP contribution in [-0.2, 0) is 4.79 Å². The summed E-state index contributed by atoms with van der Waals surface area (Å²) < 4.78 is 0. The van der Waals surface area contributed by atoms with E-state index in [9.17, 15) is 4.79 Å². The van der Waals surface area contributed by atoms with Gasteiger partial charge in [0.2, 0.25) is 0 Å². The highest BCUT2D eigenvalue weighted by Gasteiger charge is 2.12. The average molecular weight is 198 g/mol. The van der Waals surface area contributed by atoms with E-state index in [1.807, 2.05) is 13.8 Å². The van der Waals surface area contributed by atoms with E-state index in [0.717, 1.165) is 12.3 Å². The van der Waals surface area contributed by atoms with Crippen molar-refractivity contribution in [2.24, 2.45) is 17.8 Å². The molecule has 1 unspecified atom stereocenters. The number of Topliss-reactive ketones (excluding diaryl/α,β-unsaturated/α-hetero) is 1. The zero-order valence-corrected chi connectivity index (χ0v) is 10.5. The molecule has 0 aromatic carbocycles. The minimum Gasteiger partial charge on any atom is -0.299 e. The summed E-state index contributed by atoms with van der Waals surface area (Å²) in [6.07, 6.45) is 4.54. The number of hydrogen-bond acceptors (Lipinski definition) is 1. The third-order valence-electron chi connectivity index (χ3n) is 2.67. The van der Waals surface area contributed by atoms with Crippen LogP contribution in [0.5, 0.6) is 0 Å². The molecule has 0 radical (unpaired) electrons. The molecule has 1 atom stereocenters. The molecule has 0 N–H and O–H groups in total. The second-order valence-corrected chi connectivity index (χ2v) is 5.26. The first-order chi connectivity index (χ1) is 6.43. The second kappa shape index (κ2) is 7.03. The van der Waals surface area contributed by atoms with Gasteiger partial charge in [0, 0.05) is 12.3 Å². The van der Waals surface area contributed by atoms with Crippen LogP contribution < -0.4 is 0 Å². The quantitative estimate of drug-likeness (QED) is 0.603. The largest absolute Gasteiger partial charge is 0.299 e. The van der Waals surface area contributed by atoms with Crippen molar-refractivity contribution in [2.45, 2.75) is 60.3 Å². The van der Waals surface area contributed by atoms with Gasteiger partial charge >= 0.3 is 0 Å². The van der Waals surface area contributed by atoms with E-state index in [1.165, 1.54) is 19.3 Å². The average Bonchev–Trinajstić information content (AvgIpc) is 2.02. The molecule has 0 heterocycles. The number of rotatable bonds is 7. The minimum atomic E-state index is 0.211. The fraction of sp³-hybridized carbons (Fsp3) is 0.923. The molecule has 1 nitrogen and oxygen atoms in total. The van der Waals surface area contributed by atoms with Crippen molar-refractivity contribution in [1.29, 1.82) is 0 Å². The molecule has 0 amide bonds. The Kier molecular flexibility index (Phi) is 6.86. The number of hydrogen-bond donors (Lipinski definition) is 0. The predicted octanol–water partition coefficient (Wildman–Crippen LogP) is 4.06. The van der Waals surface area contributed by atoms with Gasteiger partial charge in [-0.15, -0.1) is 0 Å². The fourth-order valence-electron chi connectivity index (χ4n) is 1.56. The number of carbonyl (C=O) groups excluding carboxylic acids is 1. The minimum absolute atomic E-state index is 0.211.